The molecular formula is C25H25F3N4O. The minimum atomic E-state index is -4.33. The smallest absolute Gasteiger partial charge is 0.354 e. The van der Waals surface area contributed by atoms with Crippen molar-refractivity contribution in [2.45, 2.75) is 19.6 Å². The van der Waals surface area contributed by atoms with Crippen molar-refractivity contribution in [3.63, 3.8) is 0 Å². The molecule has 0 atom stereocenters. The fraction of sp³-hybridized carbons (Fsp3) is 0.280. The maximum absolute atomic E-state index is 12.9. The summed E-state index contributed by atoms with van der Waals surface area (Å²) >= 11 is 0. The SMILES string of the molecule is Cc1cccc(C(=O)Nc2ccc(N3CCN(Cc4cccc(C(F)(F)F)c4)CC3)nc2)c1. The molecule has 1 saturated heterocycles. The molecule has 0 aliphatic carbocycles. The zero-order chi connectivity index (χ0) is 23.4. The third-order valence-electron chi connectivity index (χ3n) is 5.64. The van der Waals surface area contributed by atoms with Gasteiger partial charge in [0.15, 0.2) is 0 Å². The van der Waals surface area contributed by atoms with E-state index in [2.05, 4.69) is 20.1 Å². The van der Waals surface area contributed by atoms with Crippen LogP contribution in [-0.2, 0) is 12.7 Å². The maximum Gasteiger partial charge on any atom is 0.416 e. The van der Waals surface area contributed by atoms with Gasteiger partial charge in [-0.1, -0.05) is 35.9 Å². The first-order valence-electron chi connectivity index (χ1n) is 10.8. The number of carbonyl (C=O) groups excluding carboxylic acids is 1. The number of benzene rings is 2. The summed E-state index contributed by atoms with van der Waals surface area (Å²) in [5, 5.41) is 2.86. The molecule has 3 aromatic rings. The molecule has 172 valence electrons. The van der Waals surface area contributed by atoms with Crippen LogP contribution in [0.4, 0.5) is 24.7 Å². The van der Waals surface area contributed by atoms with Crippen LogP contribution in [0.25, 0.3) is 0 Å². The van der Waals surface area contributed by atoms with Crippen molar-refractivity contribution < 1.29 is 18.0 Å². The molecule has 1 aliphatic rings. The van der Waals surface area contributed by atoms with Gasteiger partial charge in [0, 0.05) is 38.3 Å². The molecule has 1 N–H and O–H groups in total. The lowest BCUT2D eigenvalue weighted by atomic mass is 10.1. The number of nitrogens with one attached hydrogen (secondary N) is 1. The highest BCUT2D eigenvalue weighted by Gasteiger charge is 2.30. The Bertz CT molecular complexity index is 1110. The Morgan fingerprint density at radius 1 is 1.00 bits per heavy atom. The summed E-state index contributed by atoms with van der Waals surface area (Å²) in [6, 6.07) is 16.6. The van der Waals surface area contributed by atoms with Gasteiger partial charge in [-0.25, -0.2) is 4.98 Å². The van der Waals surface area contributed by atoms with Crippen LogP contribution >= 0.6 is 0 Å². The number of amides is 1. The molecule has 33 heavy (non-hydrogen) atoms. The van der Waals surface area contributed by atoms with Crippen molar-refractivity contribution in [3.8, 4) is 0 Å². The number of pyridine rings is 1. The third kappa shape index (κ3) is 5.90. The van der Waals surface area contributed by atoms with Crippen molar-refractivity contribution >= 4 is 17.4 Å². The van der Waals surface area contributed by atoms with Gasteiger partial charge in [-0.05, 0) is 42.8 Å². The molecule has 0 unspecified atom stereocenters. The lowest BCUT2D eigenvalue weighted by molar-refractivity contribution is -0.137. The highest BCUT2D eigenvalue weighted by atomic mass is 19.4. The van der Waals surface area contributed by atoms with Crippen LogP contribution in [0.15, 0.2) is 66.9 Å². The van der Waals surface area contributed by atoms with Crippen molar-refractivity contribution in [3.05, 3.63) is 89.1 Å². The standard InChI is InChI=1S/C25H25F3N4O/c1-18-4-2-6-20(14-18)24(33)30-22-8-9-23(29-16-22)32-12-10-31(11-13-32)17-19-5-3-7-21(15-19)25(26,27)28/h2-9,14-16H,10-13,17H2,1H3,(H,30,33). The number of alkyl halides is 3. The summed E-state index contributed by atoms with van der Waals surface area (Å²) in [4.78, 5) is 21.2. The van der Waals surface area contributed by atoms with Crippen LogP contribution in [-0.4, -0.2) is 42.0 Å². The predicted molar refractivity (Wildman–Crippen MR) is 122 cm³/mol. The van der Waals surface area contributed by atoms with E-state index in [9.17, 15) is 18.0 Å². The molecule has 0 saturated carbocycles. The number of aromatic nitrogens is 1. The minimum absolute atomic E-state index is 0.184. The van der Waals surface area contributed by atoms with Crippen LogP contribution in [0.3, 0.4) is 0 Å². The lowest BCUT2D eigenvalue weighted by Gasteiger charge is -2.35. The van der Waals surface area contributed by atoms with Crippen LogP contribution in [0.2, 0.25) is 0 Å². The topological polar surface area (TPSA) is 48.5 Å². The highest BCUT2D eigenvalue weighted by molar-refractivity contribution is 6.04. The second-order valence-electron chi connectivity index (χ2n) is 8.19. The predicted octanol–water partition coefficient (Wildman–Crippen LogP) is 4.98. The molecule has 0 spiro atoms. The maximum atomic E-state index is 12.9. The van der Waals surface area contributed by atoms with Gasteiger partial charge in [0.05, 0.1) is 17.4 Å². The van der Waals surface area contributed by atoms with Gasteiger partial charge in [0.2, 0.25) is 0 Å². The Balaban J connectivity index is 1.30. The zero-order valence-corrected chi connectivity index (χ0v) is 18.3. The first kappa shape index (κ1) is 22.8. The normalized spacial score (nSPS) is 14.8. The molecule has 8 heteroatoms. The number of hydrogen-bond acceptors (Lipinski definition) is 4. The Labute approximate surface area is 190 Å². The van der Waals surface area contributed by atoms with E-state index in [1.54, 1.807) is 18.3 Å². The number of carbonyl (C=O) groups is 1. The van der Waals surface area contributed by atoms with E-state index < -0.39 is 11.7 Å². The summed E-state index contributed by atoms with van der Waals surface area (Å²) in [6.45, 7) is 5.32. The summed E-state index contributed by atoms with van der Waals surface area (Å²) in [5.74, 6) is 0.624. The van der Waals surface area contributed by atoms with E-state index in [0.717, 1.165) is 43.6 Å². The molecule has 0 bridgehead atoms. The molecular weight excluding hydrogens is 429 g/mol. The second-order valence-corrected chi connectivity index (χ2v) is 8.19. The third-order valence-corrected chi connectivity index (χ3v) is 5.64. The average molecular weight is 454 g/mol. The minimum Gasteiger partial charge on any atom is -0.354 e. The molecule has 0 radical (unpaired) electrons. The van der Waals surface area contributed by atoms with Gasteiger partial charge in [0.25, 0.3) is 5.91 Å². The lowest BCUT2D eigenvalue weighted by Crippen LogP contribution is -2.46. The Hall–Kier alpha value is -3.39. The summed E-state index contributed by atoms with van der Waals surface area (Å²) < 4.78 is 38.8. The molecule has 2 heterocycles. The average Bonchev–Trinajstić information content (AvgIpc) is 2.80. The second kappa shape index (κ2) is 9.62. The van der Waals surface area contributed by atoms with E-state index in [-0.39, 0.29) is 5.91 Å². The highest BCUT2D eigenvalue weighted by Crippen LogP contribution is 2.30. The van der Waals surface area contributed by atoms with Gasteiger partial charge < -0.3 is 10.2 Å². The van der Waals surface area contributed by atoms with Gasteiger partial charge in [-0.3, -0.25) is 9.69 Å². The Kier molecular flexibility index (Phi) is 6.65. The van der Waals surface area contributed by atoms with Gasteiger partial charge in [0.1, 0.15) is 5.82 Å². The molecule has 1 aliphatic heterocycles. The molecule has 1 aromatic heterocycles. The van der Waals surface area contributed by atoms with Crippen molar-refractivity contribution in [1.82, 2.24) is 9.88 Å². The fourth-order valence-corrected chi connectivity index (χ4v) is 3.88. The van der Waals surface area contributed by atoms with E-state index in [4.69, 9.17) is 0 Å². The Morgan fingerprint density at radius 3 is 2.42 bits per heavy atom. The van der Waals surface area contributed by atoms with Crippen molar-refractivity contribution in [2.75, 3.05) is 36.4 Å². The number of anilines is 2. The molecule has 5 nitrogen and oxygen atoms in total. The quantitative estimate of drug-likeness (QED) is 0.591. The number of piperazine rings is 1. The molecule has 4 rings (SSSR count). The van der Waals surface area contributed by atoms with E-state index >= 15 is 0 Å². The first-order valence-corrected chi connectivity index (χ1v) is 10.8. The van der Waals surface area contributed by atoms with Gasteiger partial charge in [-0.15, -0.1) is 0 Å². The number of aryl methyl sites for hydroxylation is 1. The number of rotatable bonds is 5. The number of hydrogen-bond donors (Lipinski definition) is 1. The fourth-order valence-electron chi connectivity index (χ4n) is 3.88. The van der Waals surface area contributed by atoms with Crippen molar-refractivity contribution in [2.24, 2.45) is 0 Å². The van der Waals surface area contributed by atoms with Crippen LogP contribution < -0.4 is 10.2 Å². The van der Waals surface area contributed by atoms with Crippen LogP contribution in [0, 0.1) is 6.92 Å². The van der Waals surface area contributed by atoms with E-state index in [0.29, 0.717) is 23.4 Å². The monoisotopic (exact) mass is 454 g/mol. The largest absolute Gasteiger partial charge is 0.416 e. The van der Waals surface area contributed by atoms with Crippen LogP contribution in [0.1, 0.15) is 27.0 Å². The van der Waals surface area contributed by atoms with Crippen molar-refractivity contribution in [1.29, 1.82) is 0 Å². The summed E-state index contributed by atoms with van der Waals surface area (Å²) in [6.07, 6.45) is -2.69. The molecule has 1 amide bonds. The van der Waals surface area contributed by atoms with Gasteiger partial charge in [-0.2, -0.15) is 13.2 Å². The summed E-state index contributed by atoms with van der Waals surface area (Å²) in [5.41, 5.74) is 2.27. The number of halogens is 3. The van der Waals surface area contributed by atoms with Crippen LogP contribution in [0.5, 0.6) is 0 Å². The summed E-state index contributed by atoms with van der Waals surface area (Å²) in [7, 11) is 0. The van der Waals surface area contributed by atoms with Gasteiger partial charge >= 0.3 is 6.18 Å². The van der Waals surface area contributed by atoms with E-state index in [1.165, 1.54) is 12.1 Å². The first-order chi connectivity index (χ1) is 15.8. The van der Waals surface area contributed by atoms with E-state index in [1.807, 2.05) is 37.3 Å². The molecule has 1 fully saturated rings. The number of nitrogens with zero attached hydrogens (tertiary/aromatic N) is 3. The Morgan fingerprint density at radius 2 is 1.76 bits per heavy atom. The zero-order valence-electron chi connectivity index (χ0n) is 18.3. The molecule has 2 aromatic carbocycles.